The summed E-state index contributed by atoms with van der Waals surface area (Å²) in [6, 6.07) is 8.52. The second-order valence-electron chi connectivity index (χ2n) is 4.13. The van der Waals surface area contributed by atoms with Gasteiger partial charge < -0.3 is 5.11 Å². The number of aliphatic hydroxyl groups is 1. The molecule has 2 rings (SSSR count). The van der Waals surface area contributed by atoms with Gasteiger partial charge >= 0.3 is 6.18 Å². The van der Waals surface area contributed by atoms with Crippen LogP contribution in [0.5, 0.6) is 0 Å². The van der Waals surface area contributed by atoms with Gasteiger partial charge in [0.25, 0.3) is 0 Å². The number of alkyl halides is 3. The van der Waals surface area contributed by atoms with Crippen LogP contribution in [0.1, 0.15) is 22.8 Å². The molecule has 0 saturated carbocycles. The number of rotatable bonds is 2. The maximum atomic E-state index is 13.4. The molecule has 1 unspecified atom stereocenters. The monoisotopic (exact) mass is 348 g/mol. The molecule has 2 aromatic rings. The Morgan fingerprint density at radius 1 is 0.950 bits per heavy atom. The summed E-state index contributed by atoms with van der Waals surface area (Å²) < 4.78 is 52.1. The Kier molecular flexibility index (Phi) is 4.15. The Bertz CT molecular complexity index is 625. The second kappa shape index (κ2) is 5.54. The zero-order valence-corrected chi connectivity index (χ0v) is 11.5. The van der Waals surface area contributed by atoms with E-state index in [0.717, 1.165) is 12.1 Å². The lowest BCUT2D eigenvalue weighted by Crippen LogP contribution is -2.13. The standard InChI is InChI=1S/C14H9BrF4O/c15-12-9(5-3-7-11(12)16)13(20)8-4-1-2-6-10(8)14(17,18)19/h1-7,13,20H. The molecule has 0 bridgehead atoms. The summed E-state index contributed by atoms with van der Waals surface area (Å²) in [6.45, 7) is 0. The van der Waals surface area contributed by atoms with Crippen molar-refractivity contribution in [2.24, 2.45) is 0 Å². The van der Waals surface area contributed by atoms with Crippen molar-refractivity contribution in [3.63, 3.8) is 0 Å². The predicted octanol–water partition coefficient (Wildman–Crippen LogP) is 4.69. The number of benzene rings is 2. The van der Waals surface area contributed by atoms with Crippen LogP contribution < -0.4 is 0 Å². The highest BCUT2D eigenvalue weighted by atomic mass is 79.9. The molecule has 106 valence electrons. The fourth-order valence-corrected chi connectivity index (χ4v) is 2.37. The van der Waals surface area contributed by atoms with Gasteiger partial charge in [0.05, 0.1) is 10.0 Å². The number of aliphatic hydroxyl groups excluding tert-OH is 1. The van der Waals surface area contributed by atoms with Gasteiger partial charge in [-0.05, 0) is 33.6 Å². The SMILES string of the molecule is OC(c1ccccc1C(F)(F)F)c1cccc(F)c1Br. The summed E-state index contributed by atoms with van der Waals surface area (Å²) >= 11 is 2.94. The molecule has 0 aromatic heterocycles. The Morgan fingerprint density at radius 3 is 2.20 bits per heavy atom. The first kappa shape index (κ1) is 15.0. The lowest BCUT2D eigenvalue weighted by Gasteiger charge is -2.18. The summed E-state index contributed by atoms with van der Waals surface area (Å²) in [5, 5.41) is 10.1. The van der Waals surface area contributed by atoms with Gasteiger partial charge in [-0.2, -0.15) is 13.2 Å². The van der Waals surface area contributed by atoms with Gasteiger partial charge in [-0.3, -0.25) is 0 Å². The van der Waals surface area contributed by atoms with Crippen LogP contribution in [0.15, 0.2) is 46.9 Å². The molecule has 0 aliphatic carbocycles. The van der Waals surface area contributed by atoms with Crippen molar-refractivity contribution in [2.75, 3.05) is 0 Å². The molecule has 0 spiro atoms. The topological polar surface area (TPSA) is 20.2 Å². The number of halogens is 5. The maximum Gasteiger partial charge on any atom is 0.416 e. The molecule has 0 radical (unpaired) electrons. The minimum absolute atomic E-state index is 0.0432. The first-order valence-corrected chi connectivity index (χ1v) is 6.39. The lowest BCUT2D eigenvalue weighted by atomic mass is 9.96. The largest absolute Gasteiger partial charge is 0.416 e. The fraction of sp³-hybridized carbons (Fsp3) is 0.143. The van der Waals surface area contributed by atoms with Gasteiger partial charge in [-0.1, -0.05) is 30.3 Å². The van der Waals surface area contributed by atoms with Gasteiger partial charge in [0.1, 0.15) is 11.9 Å². The molecule has 20 heavy (non-hydrogen) atoms. The van der Waals surface area contributed by atoms with Crippen LogP contribution in [-0.4, -0.2) is 5.11 Å². The van der Waals surface area contributed by atoms with E-state index < -0.39 is 23.7 Å². The van der Waals surface area contributed by atoms with Crippen molar-refractivity contribution in [3.05, 3.63) is 69.4 Å². The van der Waals surface area contributed by atoms with E-state index in [-0.39, 0.29) is 15.6 Å². The third kappa shape index (κ3) is 2.86. The predicted molar refractivity (Wildman–Crippen MR) is 69.6 cm³/mol. The van der Waals surface area contributed by atoms with E-state index in [9.17, 15) is 22.7 Å². The average molecular weight is 349 g/mol. The molecule has 0 amide bonds. The zero-order valence-electron chi connectivity index (χ0n) is 9.96. The molecule has 1 atom stereocenters. The van der Waals surface area contributed by atoms with Crippen LogP contribution >= 0.6 is 15.9 Å². The quantitative estimate of drug-likeness (QED) is 0.780. The lowest BCUT2D eigenvalue weighted by molar-refractivity contribution is -0.139. The van der Waals surface area contributed by atoms with Crippen LogP contribution in [0.25, 0.3) is 0 Å². The Labute approximate surface area is 121 Å². The van der Waals surface area contributed by atoms with E-state index in [2.05, 4.69) is 15.9 Å². The minimum Gasteiger partial charge on any atom is -0.384 e. The van der Waals surface area contributed by atoms with Crippen LogP contribution in [0.2, 0.25) is 0 Å². The molecule has 6 heteroatoms. The van der Waals surface area contributed by atoms with Crippen molar-refractivity contribution in [1.82, 2.24) is 0 Å². The fourth-order valence-electron chi connectivity index (χ4n) is 1.89. The normalized spacial score (nSPS) is 13.3. The van der Waals surface area contributed by atoms with Crippen LogP contribution in [-0.2, 0) is 6.18 Å². The Morgan fingerprint density at radius 2 is 1.55 bits per heavy atom. The number of hydrogen-bond donors (Lipinski definition) is 1. The third-order valence-corrected chi connectivity index (χ3v) is 3.67. The van der Waals surface area contributed by atoms with E-state index in [4.69, 9.17) is 0 Å². The summed E-state index contributed by atoms with van der Waals surface area (Å²) in [6.07, 6.45) is -6.16. The zero-order chi connectivity index (χ0) is 14.9. The van der Waals surface area contributed by atoms with Crippen molar-refractivity contribution < 1.29 is 22.7 Å². The average Bonchev–Trinajstić information content (AvgIpc) is 2.40. The van der Waals surface area contributed by atoms with Gasteiger partial charge in [0.2, 0.25) is 0 Å². The first-order valence-electron chi connectivity index (χ1n) is 5.60. The van der Waals surface area contributed by atoms with Gasteiger partial charge in [-0.15, -0.1) is 0 Å². The number of hydrogen-bond acceptors (Lipinski definition) is 1. The van der Waals surface area contributed by atoms with Crippen molar-refractivity contribution in [1.29, 1.82) is 0 Å². The summed E-state index contributed by atoms with van der Waals surface area (Å²) in [7, 11) is 0. The molecule has 0 heterocycles. The minimum atomic E-state index is -4.59. The smallest absolute Gasteiger partial charge is 0.384 e. The Hall–Kier alpha value is -1.40. The molecule has 0 aliphatic rings. The Balaban J connectivity index is 2.55. The van der Waals surface area contributed by atoms with Gasteiger partial charge in [-0.25, -0.2) is 4.39 Å². The highest BCUT2D eigenvalue weighted by Crippen LogP contribution is 2.38. The van der Waals surface area contributed by atoms with Crippen LogP contribution in [0, 0.1) is 5.82 Å². The summed E-state index contributed by atoms with van der Waals surface area (Å²) in [5.74, 6) is -0.647. The van der Waals surface area contributed by atoms with E-state index in [1.165, 1.54) is 30.3 Å². The summed E-state index contributed by atoms with van der Waals surface area (Å²) in [4.78, 5) is 0. The highest BCUT2D eigenvalue weighted by molar-refractivity contribution is 9.10. The summed E-state index contributed by atoms with van der Waals surface area (Å²) in [5.41, 5.74) is -1.21. The molecule has 0 fully saturated rings. The maximum absolute atomic E-state index is 13.4. The van der Waals surface area contributed by atoms with Crippen LogP contribution in [0.3, 0.4) is 0 Å². The second-order valence-corrected chi connectivity index (χ2v) is 4.92. The third-order valence-electron chi connectivity index (χ3n) is 2.84. The van der Waals surface area contributed by atoms with Gasteiger partial charge in [0, 0.05) is 5.56 Å². The van der Waals surface area contributed by atoms with Crippen molar-refractivity contribution >= 4 is 15.9 Å². The van der Waals surface area contributed by atoms with E-state index in [0.29, 0.717) is 0 Å². The van der Waals surface area contributed by atoms with E-state index in [1.54, 1.807) is 0 Å². The molecule has 1 N–H and O–H groups in total. The van der Waals surface area contributed by atoms with Crippen LogP contribution in [0.4, 0.5) is 17.6 Å². The molecule has 1 nitrogen and oxygen atoms in total. The van der Waals surface area contributed by atoms with Crippen molar-refractivity contribution in [3.8, 4) is 0 Å². The molecule has 2 aromatic carbocycles. The first-order chi connectivity index (χ1) is 9.32. The molecular weight excluding hydrogens is 340 g/mol. The highest BCUT2D eigenvalue weighted by Gasteiger charge is 2.35. The van der Waals surface area contributed by atoms with Crippen molar-refractivity contribution in [2.45, 2.75) is 12.3 Å². The van der Waals surface area contributed by atoms with E-state index >= 15 is 0 Å². The van der Waals surface area contributed by atoms with E-state index in [1.807, 2.05) is 0 Å². The molecular formula is C14H9BrF4O. The van der Waals surface area contributed by atoms with Gasteiger partial charge in [0.15, 0.2) is 0 Å². The molecule has 0 aliphatic heterocycles. The molecule has 0 saturated heterocycles.